The minimum atomic E-state index is -0.0441. The molecule has 0 aromatic heterocycles. The molecule has 2 N–H and O–H groups in total. The number of benzene rings is 2. The maximum absolute atomic E-state index is 12.1. The number of amides is 1. The Kier molecular flexibility index (Phi) is 7.54. The standard InChI is InChI=1S/C23H31N5O2/c1-4-25-22(29)19-8-5-7-18(15-19)17-26-23(24-2)28-13-11-27(12-14-28)20-9-6-10-21(16-20)30-3/h5-10,15-16H,4,11-14,17H2,1-3H3,(H,24,26)(H,25,29). The van der Waals surface area contributed by atoms with Gasteiger partial charge in [-0.2, -0.15) is 0 Å². The summed E-state index contributed by atoms with van der Waals surface area (Å²) in [5.74, 6) is 1.71. The van der Waals surface area contributed by atoms with Crippen LogP contribution < -0.4 is 20.3 Å². The SMILES string of the molecule is CCNC(=O)c1cccc(CNC(=NC)N2CCN(c3cccc(OC)c3)CC2)c1. The smallest absolute Gasteiger partial charge is 0.251 e. The number of carbonyl (C=O) groups is 1. The lowest BCUT2D eigenvalue weighted by Crippen LogP contribution is -2.52. The number of guanidine groups is 1. The number of ether oxygens (including phenoxy) is 1. The summed E-state index contributed by atoms with van der Waals surface area (Å²) in [7, 11) is 3.50. The van der Waals surface area contributed by atoms with E-state index in [0.29, 0.717) is 18.7 Å². The summed E-state index contributed by atoms with van der Waals surface area (Å²) in [6.45, 7) is 6.76. The van der Waals surface area contributed by atoms with Gasteiger partial charge in [0.1, 0.15) is 5.75 Å². The van der Waals surface area contributed by atoms with Crippen LogP contribution in [0.3, 0.4) is 0 Å². The van der Waals surface area contributed by atoms with Crippen molar-refractivity contribution in [1.29, 1.82) is 0 Å². The van der Waals surface area contributed by atoms with E-state index in [1.165, 1.54) is 5.69 Å². The third-order valence-corrected chi connectivity index (χ3v) is 5.19. The molecule has 1 saturated heterocycles. The number of hydrogen-bond acceptors (Lipinski definition) is 4. The van der Waals surface area contributed by atoms with Gasteiger partial charge in [0.25, 0.3) is 5.91 Å². The molecule has 7 heteroatoms. The van der Waals surface area contributed by atoms with Crippen molar-refractivity contribution in [2.45, 2.75) is 13.5 Å². The van der Waals surface area contributed by atoms with Gasteiger partial charge in [-0.1, -0.05) is 18.2 Å². The Bertz CT molecular complexity index is 875. The zero-order chi connectivity index (χ0) is 21.3. The summed E-state index contributed by atoms with van der Waals surface area (Å²) in [6.07, 6.45) is 0. The Hall–Kier alpha value is -3.22. The number of hydrogen-bond donors (Lipinski definition) is 2. The summed E-state index contributed by atoms with van der Waals surface area (Å²) in [5, 5.41) is 6.27. The lowest BCUT2D eigenvalue weighted by Gasteiger charge is -2.37. The lowest BCUT2D eigenvalue weighted by molar-refractivity contribution is 0.0955. The Morgan fingerprint density at radius 1 is 1.07 bits per heavy atom. The second kappa shape index (κ2) is 10.5. The van der Waals surface area contributed by atoms with E-state index in [9.17, 15) is 4.79 Å². The monoisotopic (exact) mass is 409 g/mol. The Morgan fingerprint density at radius 2 is 1.83 bits per heavy atom. The van der Waals surface area contributed by atoms with Gasteiger partial charge in [-0.25, -0.2) is 0 Å². The first kappa shape index (κ1) is 21.5. The van der Waals surface area contributed by atoms with Crippen molar-refractivity contribution in [3.8, 4) is 5.75 Å². The highest BCUT2D eigenvalue weighted by Crippen LogP contribution is 2.22. The first-order valence-electron chi connectivity index (χ1n) is 10.4. The summed E-state index contributed by atoms with van der Waals surface area (Å²) >= 11 is 0. The van der Waals surface area contributed by atoms with E-state index in [1.807, 2.05) is 50.4 Å². The van der Waals surface area contributed by atoms with Crippen molar-refractivity contribution in [3.05, 3.63) is 59.7 Å². The second-order valence-electron chi connectivity index (χ2n) is 7.14. The first-order valence-corrected chi connectivity index (χ1v) is 10.4. The minimum absolute atomic E-state index is 0.0441. The molecule has 0 radical (unpaired) electrons. The van der Waals surface area contributed by atoms with Crippen molar-refractivity contribution in [3.63, 3.8) is 0 Å². The van der Waals surface area contributed by atoms with Crippen LogP contribution in [0.25, 0.3) is 0 Å². The zero-order valence-corrected chi connectivity index (χ0v) is 18.0. The molecule has 2 aromatic rings. The lowest BCUT2D eigenvalue weighted by atomic mass is 10.1. The molecule has 0 aliphatic carbocycles. The molecule has 0 spiro atoms. The quantitative estimate of drug-likeness (QED) is 0.566. The third-order valence-electron chi connectivity index (χ3n) is 5.19. The fourth-order valence-corrected chi connectivity index (χ4v) is 3.58. The van der Waals surface area contributed by atoms with E-state index in [-0.39, 0.29) is 5.91 Å². The maximum atomic E-state index is 12.1. The zero-order valence-electron chi connectivity index (χ0n) is 18.0. The number of carbonyl (C=O) groups excluding carboxylic acids is 1. The molecule has 0 saturated carbocycles. The summed E-state index contributed by atoms with van der Waals surface area (Å²) in [4.78, 5) is 21.1. The number of nitrogens with one attached hydrogen (secondary N) is 2. The Labute approximate surface area is 178 Å². The first-order chi connectivity index (χ1) is 14.6. The fourth-order valence-electron chi connectivity index (χ4n) is 3.58. The summed E-state index contributed by atoms with van der Waals surface area (Å²) < 4.78 is 5.34. The molecule has 0 atom stereocenters. The van der Waals surface area contributed by atoms with E-state index in [2.05, 4.69) is 37.6 Å². The van der Waals surface area contributed by atoms with Gasteiger partial charge >= 0.3 is 0 Å². The fraction of sp³-hybridized carbons (Fsp3) is 0.391. The van der Waals surface area contributed by atoms with Gasteiger partial charge in [-0.15, -0.1) is 0 Å². The van der Waals surface area contributed by atoms with E-state index in [0.717, 1.165) is 43.5 Å². The molecule has 3 rings (SSSR count). The molecule has 7 nitrogen and oxygen atoms in total. The highest BCUT2D eigenvalue weighted by atomic mass is 16.5. The van der Waals surface area contributed by atoms with Crippen molar-refractivity contribution < 1.29 is 9.53 Å². The number of rotatable bonds is 6. The second-order valence-corrected chi connectivity index (χ2v) is 7.14. The normalized spacial score (nSPS) is 14.4. The molecule has 30 heavy (non-hydrogen) atoms. The van der Waals surface area contributed by atoms with Gasteiger partial charge in [-0.05, 0) is 36.8 Å². The van der Waals surface area contributed by atoms with Crippen molar-refractivity contribution >= 4 is 17.6 Å². The van der Waals surface area contributed by atoms with Crippen LogP contribution in [0.1, 0.15) is 22.8 Å². The number of methoxy groups -OCH3 is 1. The highest BCUT2D eigenvalue weighted by molar-refractivity contribution is 5.94. The molecule has 1 aliphatic rings. The van der Waals surface area contributed by atoms with Crippen LogP contribution in [0, 0.1) is 0 Å². The molecule has 0 unspecified atom stereocenters. The number of anilines is 1. The predicted molar refractivity (Wildman–Crippen MR) is 121 cm³/mol. The van der Waals surface area contributed by atoms with Crippen molar-refractivity contribution in [2.24, 2.45) is 4.99 Å². The van der Waals surface area contributed by atoms with E-state index >= 15 is 0 Å². The minimum Gasteiger partial charge on any atom is -0.497 e. The summed E-state index contributed by atoms with van der Waals surface area (Å²) in [6, 6.07) is 15.9. The van der Waals surface area contributed by atoms with Crippen LogP contribution in [0.2, 0.25) is 0 Å². The molecule has 160 valence electrons. The average molecular weight is 410 g/mol. The molecule has 2 aromatic carbocycles. The Balaban J connectivity index is 1.55. The number of nitrogens with zero attached hydrogens (tertiary/aromatic N) is 3. The molecular weight excluding hydrogens is 378 g/mol. The van der Waals surface area contributed by atoms with Crippen LogP contribution in [0.15, 0.2) is 53.5 Å². The van der Waals surface area contributed by atoms with Gasteiger partial charge in [0.15, 0.2) is 5.96 Å². The van der Waals surface area contributed by atoms with E-state index in [1.54, 1.807) is 7.11 Å². The average Bonchev–Trinajstić information content (AvgIpc) is 2.80. The van der Waals surface area contributed by atoms with E-state index in [4.69, 9.17) is 4.74 Å². The molecular formula is C23H31N5O2. The van der Waals surface area contributed by atoms with Gasteiger partial charge in [-0.3, -0.25) is 9.79 Å². The van der Waals surface area contributed by atoms with Gasteiger partial charge in [0.05, 0.1) is 7.11 Å². The van der Waals surface area contributed by atoms with Crippen LogP contribution in [-0.2, 0) is 6.54 Å². The topological polar surface area (TPSA) is 69.2 Å². The van der Waals surface area contributed by atoms with Gasteiger partial charge < -0.3 is 25.2 Å². The van der Waals surface area contributed by atoms with Crippen molar-refractivity contribution in [1.82, 2.24) is 15.5 Å². The third kappa shape index (κ3) is 5.43. The number of piperazine rings is 1. The predicted octanol–water partition coefficient (Wildman–Crippen LogP) is 2.34. The van der Waals surface area contributed by atoms with Gasteiger partial charge in [0, 0.05) is 63.6 Å². The van der Waals surface area contributed by atoms with Crippen LogP contribution in [0.5, 0.6) is 5.75 Å². The van der Waals surface area contributed by atoms with Crippen LogP contribution in [-0.4, -0.2) is 63.6 Å². The van der Waals surface area contributed by atoms with Crippen molar-refractivity contribution in [2.75, 3.05) is 51.8 Å². The van der Waals surface area contributed by atoms with Crippen LogP contribution in [0.4, 0.5) is 5.69 Å². The highest BCUT2D eigenvalue weighted by Gasteiger charge is 2.20. The number of aliphatic imine (C=N–C) groups is 1. The Morgan fingerprint density at radius 3 is 2.53 bits per heavy atom. The molecule has 1 aliphatic heterocycles. The molecule has 1 amide bonds. The molecule has 1 fully saturated rings. The van der Waals surface area contributed by atoms with E-state index < -0.39 is 0 Å². The molecule has 0 bridgehead atoms. The summed E-state index contributed by atoms with van der Waals surface area (Å²) in [5.41, 5.74) is 2.91. The maximum Gasteiger partial charge on any atom is 0.251 e. The largest absolute Gasteiger partial charge is 0.497 e. The van der Waals surface area contributed by atoms with Crippen LogP contribution >= 0.6 is 0 Å². The molecule has 1 heterocycles. The van der Waals surface area contributed by atoms with Gasteiger partial charge in [0.2, 0.25) is 0 Å².